The number of carbonyl (C=O) groups excluding carboxylic acids is 1. The predicted octanol–water partition coefficient (Wildman–Crippen LogP) is 4.52. The largest absolute Gasteiger partial charge is 0.351 e. The lowest BCUT2D eigenvalue weighted by atomic mass is 10.1. The number of halogens is 1. The van der Waals surface area contributed by atoms with E-state index in [1.54, 1.807) is 19.2 Å². The summed E-state index contributed by atoms with van der Waals surface area (Å²) in [5.74, 6) is -0.379. The van der Waals surface area contributed by atoms with Crippen LogP contribution in [0.4, 0.5) is 4.39 Å². The Morgan fingerprint density at radius 2 is 1.87 bits per heavy atom. The zero-order chi connectivity index (χ0) is 22.0. The maximum Gasteiger partial charge on any atom is 0.271 e. The number of hydrogen-bond donors (Lipinski definition) is 1. The number of carbonyl (C=O) groups is 1. The van der Waals surface area contributed by atoms with Gasteiger partial charge >= 0.3 is 0 Å². The molecule has 4 rings (SSSR count). The molecule has 0 aliphatic carbocycles. The predicted molar refractivity (Wildman–Crippen MR) is 124 cm³/mol. The van der Waals surface area contributed by atoms with Crippen LogP contribution in [0.3, 0.4) is 0 Å². The normalized spacial score (nSPS) is 11.1. The first-order valence-electron chi connectivity index (χ1n) is 9.61. The van der Waals surface area contributed by atoms with Crippen LogP contribution in [0.5, 0.6) is 0 Å². The van der Waals surface area contributed by atoms with E-state index in [0.29, 0.717) is 21.9 Å². The van der Waals surface area contributed by atoms with Crippen molar-refractivity contribution in [3.63, 3.8) is 0 Å². The van der Waals surface area contributed by atoms with Crippen LogP contribution in [0.2, 0.25) is 0 Å². The van der Waals surface area contributed by atoms with E-state index in [4.69, 9.17) is 4.98 Å². The lowest BCUT2D eigenvalue weighted by molar-refractivity contribution is -0.118. The molecule has 0 saturated carbocycles. The Labute approximate surface area is 187 Å². The van der Waals surface area contributed by atoms with Crippen molar-refractivity contribution in [3.8, 4) is 11.1 Å². The summed E-state index contributed by atoms with van der Waals surface area (Å²) < 4.78 is 15.1. The van der Waals surface area contributed by atoms with Gasteiger partial charge in [0, 0.05) is 24.5 Å². The Morgan fingerprint density at radius 3 is 2.58 bits per heavy atom. The first kappa shape index (κ1) is 21.3. The van der Waals surface area contributed by atoms with Crippen molar-refractivity contribution in [1.82, 2.24) is 14.9 Å². The highest BCUT2D eigenvalue weighted by Crippen LogP contribution is 2.32. The minimum Gasteiger partial charge on any atom is -0.351 e. The molecule has 4 aromatic rings. The third-order valence-corrected chi connectivity index (χ3v) is 6.84. The highest BCUT2D eigenvalue weighted by molar-refractivity contribution is 7.99. The average molecular weight is 454 g/mol. The second-order valence-electron chi connectivity index (χ2n) is 7.14. The number of amides is 1. The van der Waals surface area contributed by atoms with Crippen molar-refractivity contribution in [3.05, 3.63) is 81.2 Å². The van der Waals surface area contributed by atoms with Crippen LogP contribution in [-0.2, 0) is 18.4 Å². The zero-order valence-corrected chi connectivity index (χ0v) is 18.6. The van der Waals surface area contributed by atoms with Crippen LogP contribution in [-0.4, -0.2) is 21.2 Å². The molecule has 0 radical (unpaired) electrons. The van der Waals surface area contributed by atoms with E-state index in [0.717, 1.165) is 22.3 Å². The molecule has 0 fully saturated rings. The van der Waals surface area contributed by atoms with Crippen molar-refractivity contribution < 1.29 is 9.18 Å². The van der Waals surface area contributed by atoms with E-state index >= 15 is 0 Å². The van der Waals surface area contributed by atoms with Gasteiger partial charge in [-0.15, -0.1) is 11.3 Å². The van der Waals surface area contributed by atoms with Crippen LogP contribution in [0.15, 0.2) is 63.9 Å². The fourth-order valence-electron chi connectivity index (χ4n) is 3.08. The van der Waals surface area contributed by atoms with E-state index in [2.05, 4.69) is 5.32 Å². The lowest BCUT2D eigenvalue weighted by Crippen LogP contribution is -2.25. The summed E-state index contributed by atoms with van der Waals surface area (Å²) in [6.07, 6.45) is 0. The molecule has 0 saturated heterocycles. The van der Waals surface area contributed by atoms with Gasteiger partial charge in [0.25, 0.3) is 5.56 Å². The Morgan fingerprint density at radius 1 is 1.16 bits per heavy atom. The van der Waals surface area contributed by atoms with Gasteiger partial charge in [0.2, 0.25) is 5.91 Å². The van der Waals surface area contributed by atoms with Gasteiger partial charge in [-0.25, -0.2) is 9.37 Å². The molecule has 8 heteroatoms. The molecule has 158 valence electrons. The second-order valence-corrected chi connectivity index (χ2v) is 8.97. The minimum atomic E-state index is -0.313. The standard InChI is InChI=1S/C23H20FN3O2S2/c1-14-3-7-16(8-4-14)18-12-30-21-20(18)26-23(27(2)22(21)29)31-13-19(28)25-11-15-5-9-17(24)10-6-15/h3-10,12H,11,13H2,1-2H3,(H,25,28). The molecule has 0 atom stereocenters. The van der Waals surface area contributed by atoms with Crippen LogP contribution in [0, 0.1) is 12.7 Å². The van der Waals surface area contributed by atoms with Crippen molar-refractivity contribution in [1.29, 1.82) is 0 Å². The van der Waals surface area contributed by atoms with Crippen molar-refractivity contribution >= 4 is 39.2 Å². The smallest absolute Gasteiger partial charge is 0.271 e. The van der Waals surface area contributed by atoms with Crippen molar-refractivity contribution in [2.24, 2.45) is 7.05 Å². The molecule has 2 aromatic carbocycles. The number of fused-ring (bicyclic) bond motifs is 1. The molecular weight excluding hydrogens is 433 g/mol. The highest BCUT2D eigenvalue weighted by Gasteiger charge is 2.16. The molecular formula is C23H20FN3O2S2. The van der Waals surface area contributed by atoms with Crippen LogP contribution < -0.4 is 10.9 Å². The lowest BCUT2D eigenvalue weighted by Gasteiger charge is -2.09. The topological polar surface area (TPSA) is 64.0 Å². The number of thiophene rings is 1. The fourth-order valence-corrected chi connectivity index (χ4v) is 4.86. The molecule has 0 aliphatic rings. The summed E-state index contributed by atoms with van der Waals surface area (Å²) in [4.78, 5) is 29.8. The van der Waals surface area contributed by atoms with E-state index in [9.17, 15) is 14.0 Å². The van der Waals surface area contributed by atoms with E-state index in [-0.39, 0.29) is 23.0 Å². The molecule has 0 spiro atoms. The summed E-state index contributed by atoms with van der Waals surface area (Å²) >= 11 is 2.60. The number of nitrogens with one attached hydrogen (secondary N) is 1. The van der Waals surface area contributed by atoms with Crippen LogP contribution in [0.1, 0.15) is 11.1 Å². The SMILES string of the molecule is Cc1ccc(-c2csc3c(=O)n(C)c(SCC(=O)NCc4ccc(F)cc4)nc23)cc1. The van der Waals surface area contributed by atoms with Gasteiger partial charge in [0.1, 0.15) is 10.5 Å². The minimum absolute atomic E-state index is 0.122. The number of aromatic nitrogens is 2. The van der Waals surface area contributed by atoms with Gasteiger partial charge in [-0.2, -0.15) is 0 Å². The van der Waals surface area contributed by atoms with Gasteiger partial charge in [0.15, 0.2) is 5.16 Å². The molecule has 5 nitrogen and oxygen atoms in total. The number of rotatable bonds is 6. The first-order chi connectivity index (χ1) is 14.9. The average Bonchev–Trinajstić information content (AvgIpc) is 3.19. The maximum absolute atomic E-state index is 13.0. The molecule has 2 heterocycles. The van der Waals surface area contributed by atoms with E-state index in [1.807, 2.05) is 36.6 Å². The molecule has 1 N–H and O–H groups in total. The molecule has 2 aromatic heterocycles. The van der Waals surface area contributed by atoms with E-state index < -0.39 is 0 Å². The number of benzene rings is 2. The highest BCUT2D eigenvalue weighted by atomic mass is 32.2. The summed E-state index contributed by atoms with van der Waals surface area (Å²) in [5.41, 5.74) is 4.43. The number of hydrogen-bond acceptors (Lipinski definition) is 5. The molecule has 1 amide bonds. The summed E-state index contributed by atoms with van der Waals surface area (Å²) in [6, 6.07) is 14.1. The zero-order valence-electron chi connectivity index (χ0n) is 17.0. The Bertz CT molecular complexity index is 1300. The first-order valence-corrected chi connectivity index (χ1v) is 11.5. The Balaban J connectivity index is 1.52. The summed E-state index contributed by atoms with van der Waals surface area (Å²) in [6.45, 7) is 2.34. The van der Waals surface area contributed by atoms with Gasteiger partial charge in [-0.05, 0) is 30.2 Å². The van der Waals surface area contributed by atoms with Gasteiger partial charge < -0.3 is 5.32 Å². The summed E-state index contributed by atoms with van der Waals surface area (Å²) in [5, 5.41) is 5.24. The number of aryl methyl sites for hydroxylation is 1. The monoisotopic (exact) mass is 453 g/mol. The molecule has 0 unspecified atom stereocenters. The summed E-state index contributed by atoms with van der Waals surface area (Å²) in [7, 11) is 1.67. The van der Waals surface area contributed by atoms with Crippen molar-refractivity contribution in [2.75, 3.05) is 5.75 Å². The fraction of sp³-hybridized carbons (Fsp3) is 0.174. The Kier molecular flexibility index (Phi) is 6.20. The van der Waals surface area contributed by atoms with E-state index in [1.165, 1.54) is 39.8 Å². The molecule has 0 aliphatic heterocycles. The van der Waals surface area contributed by atoms with Gasteiger partial charge in [-0.3, -0.25) is 14.2 Å². The van der Waals surface area contributed by atoms with Gasteiger partial charge in [-0.1, -0.05) is 53.7 Å². The number of nitrogens with zero attached hydrogens (tertiary/aromatic N) is 2. The van der Waals surface area contributed by atoms with Crippen LogP contribution >= 0.6 is 23.1 Å². The quantitative estimate of drug-likeness (QED) is 0.344. The molecule has 0 bridgehead atoms. The molecule has 31 heavy (non-hydrogen) atoms. The third kappa shape index (κ3) is 4.70. The van der Waals surface area contributed by atoms with Gasteiger partial charge in [0.05, 0.1) is 11.3 Å². The Hall–Kier alpha value is -2.97. The number of thioether (sulfide) groups is 1. The van der Waals surface area contributed by atoms with Crippen LogP contribution in [0.25, 0.3) is 21.3 Å². The van der Waals surface area contributed by atoms with Crippen molar-refractivity contribution in [2.45, 2.75) is 18.6 Å². The second kappa shape index (κ2) is 9.03. The maximum atomic E-state index is 13.0. The third-order valence-electron chi connectivity index (χ3n) is 4.86.